The van der Waals surface area contributed by atoms with Crippen LogP contribution in [0.25, 0.3) is 0 Å². The molecule has 0 N–H and O–H groups in total. The van der Waals surface area contributed by atoms with Crippen molar-refractivity contribution in [2.75, 3.05) is 67.7 Å². The highest BCUT2D eigenvalue weighted by Crippen LogP contribution is 2.19. The Balaban J connectivity index is -0.000000129. The van der Waals surface area contributed by atoms with Gasteiger partial charge in [-0.3, -0.25) is 0 Å². The number of piperidine rings is 1. The van der Waals surface area contributed by atoms with Crippen molar-refractivity contribution in [2.45, 2.75) is 127 Å². The molecule has 0 aromatic heterocycles. The first-order valence-corrected chi connectivity index (χ1v) is 14.2. The fraction of sp³-hybridized carbons (Fsp3) is 0.829. The van der Waals surface area contributed by atoms with Gasteiger partial charge in [0, 0.05) is 27.3 Å². The number of hydrogen-bond acceptors (Lipinski definition) is 5. The van der Waals surface area contributed by atoms with E-state index in [1.165, 1.54) is 76.6 Å². The molecule has 250 valence electrons. The molecular weight excluding hydrogens is 515 g/mol. The number of hydrogen-bond donors (Lipinski definition) is 0. The van der Waals surface area contributed by atoms with Crippen LogP contribution >= 0.6 is 0 Å². The largest absolute Gasteiger partial charge is 0.381 e. The Hall–Kier alpha value is -1.05. The molecule has 5 nitrogen and oxygen atoms in total. The van der Waals surface area contributed by atoms with Crippen molar-refractivity contribution in [2.24, 2.45) is 0 Å². The standard InChI is InChI=1S/C8H9F.C7H14O.C6H13N.C5H11NO.C5H12O.4CH4/c1-6-3-4-8(9)5-7(6)2;1-8-7-5-3-2-4-6-7;1-7-5-3-2-4-6-7;1-6-2-4-7-5-3-6;1-5(2,3)6-4;;;;/h3-5H,1-2H3;7H,2-6H2,1H3;2-6H2,1H3;2-5H2,1H3;1-4H3;4*1H4. The van der Waals surface area contributed by atoms with Crippen molar-refractivity contribution in [3.05, 3.63) is 35.1 Å². The Bertz CT molecular complexity index is 633. The van der Waals surface area contributed by atoms with E-state index in [2.05, 4.69) is 23.9 Å². The molecule has 0 atom stereocenters. The third-order valence-corrected chi connectivity index (χ3v) is 6.78. The number of aryl methyl sites for hydroxylation is 2. The summed E-state index contributed by atoms with van der Waals surface area (Å²) in [6.45, 7) is 16.6. The van der Waals surface area contributed by atoms with Gasteiger partial charge in [-0.15, -0.1) is 0 Å². The average Bonchev–Trinajstić information content (AvgIpc) is 2.89. The number of ether oxygens (including phenoxy) is 3. The van der Waals surface area contributed by atoms with Gasteiger partial charge in [-0.1, -0.05) is 61.5 Å². The van der Waals surface area contributed by atoms with Gasteiger partial charge in [0.05, 0.1) is 24.9 Å². The van der Waals surface area contributed by atoms with E-state index in [0.29, 0.717) is 6.10 Å². The molecule has 3 aliphatic rings. The third-order valence-electron chi connectivity index (χ3n) is 6.78. The highest BCUT2D eigenvalue weighted by Gasteiger charge is 2.10. The van der Waals surface area contributed by atoms with Crippen LogP contribution < -0.4 is 0 Å². The zero-order chi connectivity index (χ0) is 28.1. The molecule has 0 spiro atoms. The molecule has 0 unspecified atom stereocenters. The summed E-state index contributed by atoms with van der Waals surface area (Å²) >= 11 is 0. The Morgan fingerprint density at radius 2 is 1.17 bits per heavy atom. The van der Waals surface area contributed by atoms with Crippen molar-refractivity contribution in [1.29, 1.82) is 0 Å². The van der Waals surface area contributed by atoms with Crippen molar-refractivity contribution >= 4 is 0 Å². The zero-order valence-corrected chi connectivity index (χ0v) is 25.7. The molecule has 0 amide bonds. The van der Waals surface area contributed by atoms with Gasteiger partial charge in [0.15, 0.2) is 0 Å². The van der Waals surface area contributed by atoms with Gasteiger partial charge < -0.3 is 24.0 Å². The normalized spacial score (nSPS) is 17.1. The first-order chi connectivity index (χ1) is 17.5. The predicted molar refractivity (Wildman–Crippen MR) is 183 cm³/mol. The molecular formula is C35H75FN2O3. The fourth-order valence-electron chi connectivity index (χ4n) is 3.71. The summed E-state index contributed by atoms with van der Waals surface area (Å²) in [7, 11) is 7.83. The summed E-state index contributed by atoms with van der Waals surface area (Å²) in [4.78, 5) is 4.66. The van der Waals surface area contributed by atoms with Gasteiger partial charge in [0.2, 0.25) is 0 Å². The summed E-state index contributed by atoms with van der Waals surface area (Å²) in [5.41, 5.74) is 2.19. The summed E-state index contributed by atoms with van der Waals surface area (Å²) in [5.74, 6) is -0.155. The molecule has 4 rings (SSSR count). The van der Waals surface area contributed by atoms with Crippen LogP contribution in [-0.2, 0) is 14.2 Å². The molecule has 2 heterocycles. The first-order valence-electron chi connectivity index (χ1n) is 14.2. The fourth-order valence-corrected chi connectivity index (χ4v) is 3.71. The predicted octanol–water partition coefficient (Wildman–Crippen LogP) is 9.43. The molecule has 1 aromatic rings. The second kappa shape index (κ2) is 30.4. The maximum Gasteiger partial charge on any atom is 0.123 e. The third kappa shape index (κ3) is 31.7. The molecule has 2 saturated heterocycles. The van der Waals surface area contributed by atoms with Crippen molar-refractivity contribution in [1.82, 2.24) is 9.80 Å². The lowest BCUT2D eigenvalue weighted by atomic mass is 9.98. The number of likely N-dealkylation sites (N-methyl/N-ethyl adjacent to an activating group) is 1. The number of nitrogens with zero attached hydrogens (tertiary/aromatic N) is 2. The summed E-state index contributed by atoms with van der Waals surface area (Å²) in [5, 5.41) is 0. The van der Waals surface area contributed by atoms with E-state index in [1.807, 2.05) is 41.7 Å². The molecule has 3 fully saturated rings. The summed E-state index contributed by atoms with van der Waals surface area (Å²) in [6.07, 6.45) is 11.6. The van der Waals surface area contributed by atoms with E-state index in [1.54, 1.807) is 13.2 Å². The van der Waals surface area contributed by atoms with Crippen LogP contribution in [0.15, 0.2) is 18.2 Å². The van der Waals surface area contributed by atoms with Gasteiger partial charge >= 0.3 is 0 Å². The minimum atomic E-state index is -0.155. The van der Waals surface area contributed by atoms with E-state index < -0.39 is 0 Å². The summed E-state index contributed by atoms with van der Waals surface area (Å²) in [6, 6.07) is 4.79. The van der Waals surface area contributed by atoms with Crippen LogP contribution in [0.4, 0.5) is 4.39 Å². The van der Waals surface area contributed by atoms with Crippen molar-refractivity contribution in [3.8, 4) is 0 Å². The number of rotatable bonds is 1. The number of likely N-dealkylation sites (tertiary alicyclic amines) is 1. The van der Waals surface area contributed by atoms with E-state index in [9.17, 15) is 4.39 Å². The Morgan fingerprint density at radius 1 is 0.732 bits per heavy atom. The molecule has 0 radical (unpaired) electrons. The van der Waals surface area contributed by atoms with Crippen molar-refractivity contribution in [3.63, 3.8) is 0 Å². The van der Waals surface area contributed by atoms with Gasteiger partial charge in [0.1, 0.15) is 5.82 Å². The first kappa shape index (κ1) is 49.6. The monoisotopic (exact) mass is 591 g/mol. The van der Waals surface area contributed by atoms with Gasteiger partial charge in [-0.2, -0.15) is 0 Å². The number of morpholine rings is 1. The Labute approximate surface area is 258 Å². The second-order valence-corrected chi connectivity index (χ2v) is 11.3. The summed E-state index contributed by atoms with van der Waals surface area (Å²) < 4.78 is 27.6. The lowest BCUT2D eigenvalue weighted by molar-refractivity contribution is 0.0397. The van der Waals surface area contributed by atoms with Crippen LogP contribution in [-0.4, -0.2) is 89.2 Å². The second-order valence-electron chi connectivity index (χ2n) is 11.3. The molecule has 1 aromatic carbocycles. The van der Waals surface area contributed by atoms with E-state index >= 15 is 0 Å². The number of benzene rings is 1. The topological polar surface area (TPSA) is 34.2 Å². The Morgan fingerprint density at radius 3 is 1.44 bits per heavy atom. The van der Waals surface area contributed by atoms with E-state index in [4.69, 9.17) is 14.2 Å². The van der Waals surface area contributed by atoms with Crippen LogP contribution in [0, 0.1) is 19.7 Å². The minimum absolute atomic E-state index is 0. The lowest BCUT2D eigenvalue weighted by Crippen LogP contribution is -2.32. The van der Waals surface area contributed by atoms with Gasteiger partial charge in [0.25, 0.3) is 0 Å². The highest BCUT2D eigenvalue weighted by molar-refractivity contribution is 5.24. The maximum atomic E-state index is 12.3. The highest BCUT2D eigenvalue weighted by atomic mass is 19.1. The van der Waals surface area contributed by atoms with Crippen LogP contribution in [0.3, 0.4) is 0 Å². The Kier molecular flexibility index (Phi) is 36.8. The minimum Gasteiger partial charge on any atom is -0.381 e. The molecule has 6 heteroatoms. The van der Waals surface area contributed by atoms with Gasteiger partial charge in [-0.25, -0.2) is 4.39 Å². The SMILES string of the molecule is C.C.C.C.CN1CCCCC1.CN1CCOCC1.COC(C)(C)C.COC1CCCCC1.Cc1ccc(F)cc1C. The van der Waals surface area contributed by atoms with Crippen LogP contribution in [0.2, 0.25) is 0 Å². The van der Waals surface area contributed by atoms with Crippen molar-refractivity contribution < 1.29 is 18.6 Å². The van der Waals surface area contributed by atoms with Gasteiger partial charge in [-0.05, 0) is 111 Å². The zero-order valence-electron chi connectivity index (χ0n) is 25.7. The van der Waals surface area contributed by atoms with Crippen LogP contribution in [0.1, 0.15) is 113 Å². The average molecular weight is 591 g/mol. The number of methoxy groups -OCH3 is 2. The molecule has 41 heavy (non-hydrogen) atoms. The molecule has 0 bridgehead atoms. The smallest absolute Gasteiger partial charge is 0.123 e. The molecule has 2 aliphatic heterocycles. The quantitative estimate of drug-likeness (QED) is 0.325. The lowest BCUT2D eigenvalue weighted by Gasteiger charge is -2.21. The van der Waals surface area contributed by atoms with E-state index in [0.717, 1.165) is 37.4 Å². The molecule has 1 aliphatic carbocycles. The van der Waals surface area contributed by atoms with E-state index in [-0.39, 0.29) is 41.1 Å². The maximum absolute atomic E-state index is 12.3. The number of halogens is 1. The van der Waals surface area contributed by atoms with Crippen LogP contribution in [0.5, 0.6) is 0 Å². The molecule has 1 saturated carbocycles.